The van der Waals surface area contributed by atoms with E-state index in [4.69, 9.17) is 11.6 Å². The lowest BCUT2D eigenvalue weighted by atomic mass is 10.1. The highest BCUT2D eigenvalue weighted by molar-refractivity contribution is 6.33. The number of nitro groups is 1. The van der Waals surface area contributed by atoms with Gasteiger partial charge in [0.2, 0.25) is 0 Å². The van der Waals surface area contributed by atoms with Gasteiger partial charge in [-0.2, -0.15) is 0 Å². The summed E-state index contributed by atoms with van der Waals surface area (Å²) in [5.74, 6) is -0.256. The van der Waals surface area contributed by atoms with E-state index in [0.717, 1.165) is 5.69 Å². The number of carbonyl (C=O) groups is 1. The highest BCUT2D eigenvalue weighted by atomic mass is 35.5. The number of carbonyl (C=O) groups excluding carboxylic acids is 1. The second kappa shape index (κ2) is 8.01. The number of nitro benzene ring substituents is 1. The molecule has 2 aromatic carbocycles. The average molecular weight is 385 g/mol. The van der Waals surface area contributed by atoms with Crippen molar-refractivity contribution < 1.29 is 9.72 Å². The van der Waals surface area contributed by atoms with Crippen molar-refractivity contribution in [2.24, 2.45) is 0 Å². The number of non-ortho nitro benzene ring substituents is 1. The minimum atomic E-state index is -0.442. The Bertz CT molecular complexity index is 1020. The first kappa shape index (κ1) is 18.6. The van der Waals surface area contributed by atoms with Gasteiger partial charge in [0.25, 0.3) is 11.6 Å². The van der Waals surface area contributed by atoms with Gasteiger partial charge in [-0.25, -0.2) is 4.98 Å². The van der Waals surface area contributed by atoms with E-state index < -0.39 is 4.92 Å². The molecule has 7 nitrogen and oxygen atoms in total. The molecule has 0 atom stereocenters. The Kier molecular flexibility index (Phi) is 5.52. The summed E-state index contributed by atoms with van der Waals surface area (Å²) in [6.45, 7) is 2.58. The first-order valence-electron chi connectivity index (χ1n) is 8.28. The molecule has 0 aliphatic carbocycles. The summed E-state index contributed by atoms with van der Waals surface area (Å²) in [7, 11) is 0. The van der Waals surface area contributed by atoms with Gasteiger partial charge in [0.15, 0.2) is 5.52 Å². The summed E-state index contributed by atoms with van der Waals surface area (Å²) < 4.78 is 0. The number of hydrogen-bond donors (Lipinski definition) is 2. The first-order valence-corrected chi connectivity index (χ1v) is 8.66. The Morgan fingerprint density at radius 1 is 1.19 bits per heavy atom. The highest BCUT2D eigenvalue weighted by Gasteiger charge is 2.15. The van der Waals surface area contributed by atoms with Gasteiger partial charge in [-0.1, -0.05) is 35.9 Å². The highest BCUT2D eigenvalue weighted by Crippen LogP contribution is 2.29. The predicted octanol–water partition coefficient (Wildman–Crippen LogP) is 3.95. The number of nitrogens with one attached hydrogen (secondary N) is 2. The second-order valence-electron chi connectivity index (χ2n) is 5.90. The summed E-state index contributed by atoms with van der Waals surface area (Å²) in [6, 6.07) is 13.5. The number of rotatable bonds is 6. The lowest BCUT2D eigenvalue weighted by Gasteiger charge is -2.12. The summed E-state index contributed by atoms with van der Waals surface area (Å²) in [5, 5.41) is 18.3. The van der Waals surface area contributed by atoms with E-state index in [1.807, 2.05) is 6.07 Å². The number of aryl methyl sites for hydroxylation is 1. The zero-order chi connectivity index (χ0) is 19.4. The fraction of sp³-hybridized carbons (Fsp3) is 0.158. The molecule has 0 spiro atoms. The fourth-order valence-corrected chi connectivity index (χ4v) is 2.99. The second-order valence-corrected chi connectivity index (χ2v) is 6.31. The predicted molar refractivity (Wildman–Crippen MR) is 105 cm³/mol. The molecular formula is C19H17ClN4O3. The third-order valence-corrected chi connectivity index (χ3v) is 4.32. The maximum atomic E-state index is 12.2. The number of aromatic nitrogens is 1. The normalized spacial score (nSPS) is 10.6. The van der Waals surface area contributed by atoms with Crippen LogP contribution >= 0.6 is 11.6 Å². The lowest BCUT2D eigenvalue weighted by molar-refractivity contribution is -0.383. The van der Waals surface area contributed by atoms with E-state index in [2.05, 4.69) is 15.6 Å². The molecule has 0 radical (unpaired) electrons. The standard InChI is InChI=1S/C19H17ClN4O3/c1-12-11-16(14-6-4-8-17(24(26)27)18(14)23-12)21-9-10-22-19(25)13-5-2-3-7-15(13)20/h2-8,11H,9-10H2,1H3,(H,21,23)(H,22,25). The Morgan fingerprint density at radius 3 is 2.70 bits per heavy atom. The molecule has 0 unspecified atom stereocenters. The van der Waals surface area contributed by atoms with E-state index in [0.29, 0.717) is 40.3 Å². The Balaban J connectivity index is 1.71. The maximum absolute atomic E-state index is 12.2. The molecule has 1 amide bonds. The van der Waals surface area contributed by atoms with Gasteiger partial charge in [-0.15, -0.1) is 0 Å². The van der Waals surface area contributed by atoms with E-state index in [9.17, 15) is 14.9 Å². The summed E-state index contributed by atoms with van der Waals surface area (Å²) in [6.07, 6.45) is 0. The Hall–Kier alpha value is -3.19. The molecule has 1 aromatic heterocycles. The van der Waals surface area contributed by atoms with Gasteiger partial charge in [0.1, 0.15) is 0 Å². The number of amides is 1. The molecule has 27 heavy (non-hydrogen) atoms. The number of pyridine rings is 1. The van der Waals surface area contributed by atoms with Crippen LogP contribution in [0.1, 0.15) is 16.1 Å². The zero-order valence-corrected chi connectivity index (χ0v) is 15.3. The first-order chi connectivity index (χ1) is 13.0. The van der Waals surface area contributed by atoms with E-state index in [1.54, 1.807) is 43.3 Å². The largest absolute Gasteiger partial charge is 0.383 e. The molecule has 8 heteroatoms. The number of benzene rings is 2. The van der Waals surface area contributed by atoms with Crippen molar-refractivity contribution in [3.63, 3.8) is 0 Å². The van der Waals surface area contributed by atoms with E-state index in [-0.39, 0.29) is 11.6 Å². The monoisotopic (exact) mass is 384 g/mol. The number of nitrogens with zero attached hydrogens (tertiary/aromatic N) is 2. The molecule has 0 aliphatic heterocycles. The quantitative estimate of drug-likeness (QED) is 0.381. The average Bonchev–Trinajstić information content (AvgIpc) is 2.64. The van der Waals surface area contributed by atoms with Crippen LogP contribution in [0, 0.1) is 17.0 Å². The molecule has 138 valence electrons. The van der Waals surface area contributed by atoms with Crippen LogP contribution in [0.2, 0.25) is 5.02 Å². The molecule has 0 aliphatic rings. The number of para-hydroxylation sites is 1. The minimum absolute atomic E-state index is 0.0359. The van der Waals surface area contributed by atoms with Gasteiger partial charge in [-0.3, -0.25) is 14.9 Å². The van der Waals surface area contributed by atoms with Crippen molar-refractivity contribution in [1.82, 2.24) is 10.3 Å². The molecule has 3 aromatic rings. The molecule has 1 heterocycles. The van der Waals surface area contributed by atoms with Crippen LogP contribution in [0.3, 0.4) is 0 Å². The Morgan fingerprint density at radius 2 is 1.96 bits per heavy atom. The summed E-state index contributed by atoms with van der Waals surface area (Å²) >= 11 is 6.01. The van der Waals surface area contributed by atoms with Crippen molar-refractivity contribution in [1.29, 1.82) is 0 Å². The number of anilines is 1. The molecule has 0 saturated heterocycles. The van der Waals surface area contributed by atoms with Crippen molar-refractivity contribution in [2.45, 2.75) is 6.92 Å². The van der Waals surface area contributed by atoms with Crippen LogP contribution in [0.25, 0.3) is 10.9 Å². The fourth-order valence-electron chi connectivity index (χ4n) is 2.77. The van der Waals surface area contributed by atoms with Gasteiger partial charge in [0, 0.05) is 35.9 Å². The molecular weight excluding hydrogens is 368 g/mol. The van der Waals surface area contributed by atoms with Gasteiger partial charge < -0.3 is 10.6 Å². The van der Waals surface area contributed by atoms with Crippen molar-refractivity contribution >= 4 is 39.8 Å². The van der Waals surface area contributed by atoms with Gasteiger partial charge >= 0.3 is 0 Å². The lowest BCUT2D eigenvalue weighted by Crippen LogP contribution is -2.29. The number of fused-ring (bicyclic) bond motifs is 1. The minimum Gasteiger partial charge on any atom is -0.383 e. The third-order valence-electron chi connectivity index (χ3n) is 3.99. The summed E-state index contributed by atoms with van der Waals surface area (Å²) in [5.41, 5.74) is 2.11. The van der Waals surface area contributed by atoms with Crippen LogP contribution < -0.4 is 10.6 Å². The molecule has 0 bridgehead atoms. The zero-order valence-electron chi connectivity index (χ0n) is 14.5. The SMILES string of the molecule is Cc1cc(NCCNC(=O)c2ccccc2Cl)c2cccc([N+](=O)[O-])c2n1. The van der Waals surface area contributed by atoms with Crippen LogP contribution in [-0.4, -0.2) is 28.9 Å². The molecule has 0 fully saturated rings. The topological polar surface area (TPSA) is 97.2 Å². The van der Waals surface area contributed by atoms with Crippen molar-refractivity contribution in [2.75, 3.05) is 18.4 Å². The Labute approximate surface area is 160 Å². The number of halogens is 1. The van der Waals surface area contributed by atoms with Crippen LogP contribution in [0.15, 0.2) is 48.5 Å². The molecule has 3 rings (SSSR count). The van der Waals surface area contributed by atoms with E-state index >= 15 is 0 Å². The van der Waals surface area contributed by atoms with Crippen LogP contribution in [0.5, 0.6) is 0 Å². The smallest absolute Gasteiger partial charge is 0.295 e. The maximum Gasteiger partial charge on any atom is 0.295 e. The molecule has 2 N–H and O–H groups in total. The molecule has 0 saturated carbocycles. The van der Waals surface area contributed by atoms with Crippen LogP contribution in [0.4, 0.5) is 11.4 Å². The third kappa shape index (κ3) is 4.15. The van der Waals surface area contributed by atoms with Crippen LogP contribution in [-0.2, 0) is 0 Å². The number of hydrogen-bond acceptors (Lipinski definition) is 5. The van der Waals surface area contributed by atoms with Gasteiger partial charge in [-0.05, 0) is 25.1 Å². The van der Waals surface area contributed by atoms with Crippen molar-refractivity contribution in [3.8, 4) is 0 Å². The summed E-state index contributed by atoms with van der Waals surface area (Å²) in [4.78, 5) is 27.2. The van der Waals surface area contributed by atoms with Crippen molar-refractivity contribution in [3.05, 3.63) is 74.9 Å². The van der Waals surface area contributed by atoms with Gasteiger partial charge in [0.05, 0.1) is 15.5 Å². The van der Waals surface area contributed by atoms with E-state index in [1.165, 1.54) is 6.07 Å².